The summed E-state index contributed by atoms with van der Waals surface area (Å²) in [5.41, 5.74) is 7.02. The maximum atomic E-state index is 11.8. The van der Waals surface area contributed by atoms with Crippen LogP contribution in [0.1, 0.15) is 14.5 Å². The van der Waals surface area contributed by atoms with E-state index in [4.69, 9.17) is 5.73 Å². The SMILES string of the molecule is Cc1sc(C(=O)Nc2cccnc2)cc1N. The molecule has 0 radical (unpaired) electrons. The first kappa shape index (κ1) is 10.6. The van der Waals surface area contributed by atoms with Crippen molar-refractivity contribution in [1.29, 1.82) is 0 Å². The molecule has 2 aromatic rings. The summed E-state index contributed by atoms with van der Waals surface area (Å²) in [7, 11) is 0. The van der Waals surface area contributed by atoms with Crippen LogP contribution in [-0.2, 0) is 0 Å². The molecule has 0 aromatic carbocycles. The first-order valence-corrected chi connectivity index (χ1v) is 5.56. The summed E-state index contributed by atoms with van der Waals surface area (Å²) in [6.07, 6.45) is 3.25. The summed E-state index contributed by atoms with van der Waals surface area (Å²) in [5.74, 6) is -0.155. The molecule has 82 valence electrons. The summed E-state index contributed by atoms with van der Waals surface area (Å²) >= 11 is 1.38. The van der Waals surface area contributed by atoms with Gasteiger partial charge in [-0.3, -0.25) is 9.78 Å². The van der Waals surface area contributed by atoms with Gasteiger partial charge in [0.2, 0.25) is 0 Å². The average Bonchev–Trinajstić information content (AvgIpc) is 2.61. The van der Waals surface area contributed by atoms with Gasteiger partial charge in [-0.05, 0) is 25.1 Å². The first-order valence-electron chi connectivity index (χ1n) is 4.74. The number of rotatable bonds is 2. The van der Waals surface area contributed by atoms with Gasteiger partial charge in [0, 0.05) is 16.8 Å². The van der Waals surface area contributed by atoms with Crippen LogP contribution >= 0.6 is 11.3 Å². The van der Waals surface area contributed by atoms with Crippen molar-refractivity contribution >= 4 is 28.6 Å². The van der Waals surface area contributed by atoms with E-state index in [2.05, 4.69) is 10.3 Å². The standard InChI is InChI=1S/C11H11N3OS/c1-7-9(12)5-10(16-7)11(15)14-8-3-2-4-13-6-8/h2-6H,12H2,1H3,(H,14,15). The number of carbonyl (C=O) groups excluding carboxylic acids is 1. The molecule has 2 heterocycles. The number of hydrogen-bond acceptors (Lipinski definition) is 4. The Morgan fingerprint density at radius 3 is 2.94 bits per heavy atom. The topological polar surface area (TPSA) is 68.0 Å². The van der Waals surface area contributed by atoms with Gasteiger partial charge >= 0.3 is 0 Å². The Morgan fingerprint density at radius 1 is 1.56 bits per heavy atom. The first-order chi connectivity index (χ1) is 7.66. The number of anilines is 2. The fourth-order valence-electron chi connectivity index (χ4n) is 1.24. The number of nitrogens with two attached hydrogens (primary N) is 1. The van der Waals surface area contributed by atoms with E-state index < -0.39 is 0 Å². The zero-order valence-corrected chi connectivity index (χ0v) is 9.54. The molecule has 0 atom stereocenters. The maximum Gasteiger partial charge on any atom is 0.265 e. The number of hydrogen-bond donors (Lipinski definition) is 2. The molecule has 0 aliphatic rings. The highest BCUT2D eigenvalue weighted by molar-refractivity contribution is 7.14. The Labute approximate surface area is 97.1 Å². The van der Waals surface area contributed by atoms with Crippen LogP contribution in [0.4, 0.5) is 11.4 Å². The van der Waals surface area contributed by atoms with E-state index in [1.54, 1.807) is 30.6 Å². The molecule has 0 bridgehead atoms. The largest absolute Gasteiger partial charge is 0.398 e. The Kier molecular flexibility index (Phi) is 2.87. The number of nitrogen functional groups attached to an aromatic ring is 1. The lowest BCUT2D eigenvalue weighted by Gasteiger charge is -2.01. The minimum atomic E-state index is -0.155. The normalized spacial score (nSPS) is 10.1. The van der Waals surface area contributed by atoms with E-state index in [1.165, 1.54) is 11.3 Å². The molecular weight excluding hydrogens is 222 g/mol. The second-order valence-electron chi connectivity index (χ2n) is 3.32. The van der Waals surface area contributed by atoms with Crippen molar-refractivity contribution in [2.75, 3.05) is 11.1 Å². The zero-order chi connectivity index (χ0) is 11.5. The number of nitrogens with one attached hydrogen (secondary N) is 1. The van der Waals surface area contributed by atoms with E-state index in [0.717, 1.165) is 4.88 Å². The van der Waals surface area contributed by atoms with Crippen LogP contribution < -0.4 is 11.1 Å². The van der Waals surface area contributed by atoms with Gasteiger partial charge in [-0.15, -0.1) is 11.3 Å². The van der Waals surface area contributed by atoms with Crippen molar-refractivity contribution in [1.82, 2.24) is 4.98 Å². The minimum Gasteiger partial charge on any atom is -0.398 e. The molecule has 0 aliphatic heterocycles. The van der Waals surface area contributed by atoms with Crippen LogP contribution in [-0.4, -0.2) is 10.9 Å². The predicted molar refractivity (Wildman–Crippen MR) is 65.7 cm³/mol. The van der Waals surface area contributed by atoms with E-state index >= 15 is 0 Å². The molecule has 2 aromatic heterocycles. The van der Waals surface area contributed by atoms with Crippen LogP contribution in [0.5, 0.6) is 0 Å². The molecule has 16 heavy (non-hydrogen) atoms. The summed E-state index contributed by atoms with van der Waals surface area (Å²) < 4.78 is 0. The van der Waals surface area contributed by atoms with Crippen molar-refractivity contribution in [3.63, 3.8) is 0 Å². The van der Waals surface area contributed by atoms with Gasteiger partial charge in [-0.25, -0.2) is 0 Å². The molecule has 2 rings (SSSR count). The maximum absolute atomic E-state index is 11.8. The lowest BCUT2D eigenvalue weighted by atomic mass is 10.3. The Hall–Kier alpha value is -1.88. The molecule has 0 saturated heterocycles. The highest BCUT2D eigenvalue weighted by Crippen LogP contribution is 2.24. The van der Waals surface area contributed by atoms with Gasteiger partial charge in [0.25, 0.3) is 5.91 Å². The Morgan fingerprint density at radius 2 is 2.38 bits per heavy atom. The third-order valence-electron chi connectivity index (χ3n) is 2.10. The molecule has 0 fully saturated rings. The minimum absolute atomic E-state index is 0.155. The van der Waals surface area contributed by atoms with Crippen molar-refractivity contribution in [3.05, 3.63) is 40.3 Å². The number of carbonyl (C=O) groups is 1. The van der Waals surface area contributed by atoms with Gasteiger partial charge in [-0.2, -0.15) is 0 Å². The van der Waals surface area contributed by atoms with E-state index in [-0.39, 0.29) is 5.91 Å². The van der Waals surface area contributed by atoms with Crippen LogP contribution in [0.3, 0.4) is 0 Å². The smallest absolute Gasteiger partial charge is 0.265 e. The molecule has 5 heteroatoms. The monoisotopic (exact) mass is 233 g/mol. The lowest BCUT2D eigenvalue weighted by molar-refractivity contribution is 0.103. The average molecular weight is 233 g/mol. The highest BCUT2D eigenvalue weighted by Gasteiger charge is 2.10. The van der Waals surface area contributed by atoms with E-state index in [9.17, 15) is 4.79 Å². The molecule has 1 amide bonds. The summed E-state index contributed by atoms with van der Waals surface area (Å²) in [4.78, 5) is 17.3. The van der Waals surface area contributed by atoms with E-state index in [1.807, 2.05) is 6.92 Å². The third-order valence-corrected chi connectivity index (χ3v) is 3.16. The quantitative estimate of drug-likeness (QED) is 0.836. The number of thiophene rings is 1. The van der Waals surface area contributed by atoms with Gasteiger partial charge in [-0.1, -0.05) is 0 Å². The van der Waals surface area contributed by atoms with Crippen molar-refractivity contribution in [2.45, 2.75) is 6.92 Å². The Bertz CT molecular complexity index is 488. The van der Waals surface area contributed by atoms with Crippen LogP contribution in [0.2, 0.25) is 0 Å². The highest BCUT2D eigenvalue weighted by atomic mass is 32.1. The van der Waals surface area contributed by atoms with Crippen LogP contribution in [0, 0.1) is 6.92 Å². The van der Waals surface area contributed by atoms with Crippen LogP contribution in [0.25, 0.3) is 0 Å². The second-order valence-corrected chi connectivity index (χ2v) is 4.57. The number of aryl methyl sites for hydroxylation is 1. The molecule has 0 spiro atoms. The van der Waals surface area contributed by atoms with Gasteiger partial charge < -0.3 is 11.1 Å². The molecular formula is C11H11N3OS. The third kappa shape index (κ3) is 2.20. The number of pyridine rings is 1. The van der Waals surface area contributed by atoms with Gasteiger partial charge in [0.15, 0.2) is 0 Å². The molecule has 0 aliphatic carbocycles. The Balaban J connectivity index is 2.15. The summed E-state index contributed by atoms with van der Waals surface area (Å²) in [5, 5.41) is 2.75. The van der Waals surface area contributed by atoms with Crippen molar-refractivity contribution < 1.29 is 4.79 Å². The number of nitrogens with zero attached hydrogens (tertiary/aromatic N) is 1. The van der Waals surface area contributed by atoms with Crippen LogP contribution in [0.15, 0.2) is 30.6 Å². The summed E-state index contributed by atoms with van der Waals surface area (Å²) in [6, 6.07) is 5.24. The fraction of sp³-hybridized carbons (Fsp3) is 0.0909. The summed E-state index contributed by atoms with van der Waals surface area (Å²) in [6.45, 7) is 1.89. The van der Waals surface area contributed by atoms with Gasteiger partial charge in [0.1, 0.15) is 0 Å². The molecule has 3 N–H and O–H groups in total. The number of amides is 1. The van der Waals surface area contributed by atoms with E-state index in [0.29, 0.717) is 16.3 Å². The molecule has 0 saturated carbocycles. The molecule has 4 nitrogen and oxygen atoms in total. The zero-order valence-electron chi connectivity index (χ0n) is 8.73. The lowest BCUT2D eigenvalue weighted by Crippen LogP contribution is -2.10. The van der Waals surface area contributed by atoms with Gasteiger partial charge in [0.05, 0.1) is 16.8 Å². The van der Waals surface area contributed by atoms with Crippen molar-refractivity contribution in [2.24, 2.45) is 0 Å². The van der Waals surface area contributed by atoms with Crippen molar-refractivity contribution in [3.8, 4) is 0 Å². The molecule has 0 unspecified atom stereocenters. The predicted octanol–water partition coefficient (Wildman–Crippen LogP) is 2.29. The number of aromatic nitrogens is 1. The fourth-order valence-corrected chi connectivity index (χ4v) is 2.07. The second kappa shape index (κ2) is 4.32.